The summed E-state index contributed by atoms with van der Waals surface area (Å²) < 4.78 is 17.7. The lowest BCUT2D eigenvalue weighted by atomic mass is 10.2. The molecule has 0 heterocycles. The van der Waals surface area contributed by atoms with Crippen molar-refractivity contribution >= 4 is 5.97 Å². The monoisotopic (exact) mass is 225 g/mol. The largest absolute Gasteiger partial charge is 0.462 e. The van der Waals surface area contributed by atoms with Crippen molar-refractivity contribution in [2.75, 3.05) is 6.54 Å². The molecule has 0 aromatic heterocycles. The molecular formula is C12H16FNO2. The molecule has 0 aliphatic carbocycles. The topological polar surface area (TPSA) is 38.3 Å². The van der Waals surface area contributed by atoms with Gasteiger partial charge in [0.2, 0.25) is 0 Å². The Kier molecular flexibility index (Phi) is 4.92. The van der Waals surface area contributed by atoms with Crippen LogP contribution in [0.2, 0.25) is 0 Å². The van der Waals surface area contributed by atoms with Crippen molar-refractivity contribution < 1.29 is 13.9 Å². The minimum absolute atomic E-state index is 0.108. The van der Waals surface area contributed by atoms with Crippen LogP contribution in [-0.2, 0) is 16.1 Å². The molecule has 0 atom stereocenters. The lowest BCUT2D eigenvalue weighted by Crippen LogP contribution is -2.26. The Morgan fingerprint density at radius 2 is 2.25 bits per heavy atom. The first kappa shape index (κ1) is 12.6. The van der Waals surface area contributed by atoms with Crippen LogP contribution < -0.4 is 5.32 Å². The lowest BCUT2D eigenvalue weighted by Gasteiger charge is -2.08. The standard InChI is InChI=1S/C12H16FNO2/c1-9(2)16-12(15)8-14-7-10-4-3-5-11(13)6-10/h3-6,9,14H,7-8H2,1-2H3. The maximum absolute atomic E-state index is 12.8. The van der Waals surface area contributed by atoms with E-state index in [1.54, 1.807) is 26.0 Å². The summed E-state index contributed by atoms with van der Waals surface area (Å²) in [5, 5.41) is 2.89. The molecule has 0 bridgehead atoms. The molecule has 88 valence electrons. The number of carbonyl (C=O) groups is 1. The Morgan fingerprint density at radius 3 is 2.88 bits per heavy atom. The van der Waals surface area contributed by atoms with E-state index in [1.807, 2.05) is 0 Å². The summed E-state index contributed by atoms with van der Waals surface area (Å²) in [4.78, 5) is 11.2. The second-order valence-corrected chi connectivity index (χ2v) is 3.77. The van der Waals surface area contributed by atoms with Gasteiger partial charge in [-0.2, -0.15) is 0 Å². The van der Waals surface area contributed by atoms with Gasteiger partial charge in [0.15, 0.2) is 0 Å². The van der Waals surface area contributed by atoms with Crippen molar-refractivity contribution in [2.24, 2.45) is 0 Å². The molecule has 3 nitrogen and oxygen atoms in total. The zero-order valence-electron chi connectivity index (χ0n) is 9.50. The molecule has 0 radical (unpaired) electrons. The van der Waals surface area contributed by atoms with E-state index in [9.17, 15) is 9.18 Å². The van der Waals surface area contributed by atoms with E-state index >= 15 is 0 Å². The van der Waals surface area contributed by atoms with Crippen LogP contribution >= 0.6 is 0 Å². The predicted molar refractivity (Wildman–Crippen MR) is 59.3 cm³/mol. The molecule has 1 aromatic rings. The number of rotatable bonds is 5. The first-order valence-electron chi connectivity index (χ1n) is 5.22. The Labute approximate surface area is 94.6 Å². The van der Waals surface area contributed by atoms with E-state index in [-0.39, 0.29) is 24.4 Å². The molecule has 1 aromatic carbocycles. The maximum atomic E-state index is 12.8. The van der Waals surface area contributed by atoms with Crippen molar-refractivity contribution in [1.82, 2.24) is 5.32 Å². The van der Waals surface area contributed by atoms with Crippen LogP contribution in [0.15, 0.2) is 24.3 Å². The van der Waals surface area contributed by atoms with E-state index in [4.69, 9.17) is 4.74 Å². The molecule has 0 saturated carbocycles. The van der Waals surface area contributed by atoms with Crippen LogP contribution in [0.4, 0.5) is 4.39 Å². The number of esters is 1. The highest BCUT2D eigenvalue weighted by Gasteiger charge is 2.04. The molecule has 0 aliphatic heterocycles. The second-order valence-electron chi connectivity index (χ2n) is 3.77. The number of nitrogens with one attached hydrogen (secondary N) is 1. The first-order chi connectivity index (χ1) is 7.58. The smallest absolute Gasteiger partial charge is 0.320 e. The average Bonchev–Trinajstić information content (AvgIpc) is 2.16. The van der Waals surface area contributed by atoms with Gasteiger partial charge >= 0.3 is 5.97 Å². The molecule has 0 spiro atoms. The zero-order chi connectivity index (χ0) is 12.0. The fourth-order valence-corrected chi connectivity index (χ4v) is 1.26. The van der Waals surface area contributed by atoms with Crippen molar-refractivity contribution in [2.45, 2.75) is 26.5 Å². The number of halogens is 1. The highest BCUT2D eigenvalue weighted by molar-refractivity contribution is 5.71. The molecular weight excluding hydrogens is 209 g/mol. The molecule has 0 fully saturated rings. The van der Waals surface area contributed by atoms with Gasteiger partial charge in [0.1, 0.15) is 5.82 Å². The Bertz CT molecular complexity index is 353. The van der Waals surface area contributed by atoms with Crippen molar-refractivity contribution in [3.8, 4) is 0 Å². The Balaban J connectivity index is 2.28. The number of hydrogen-bond acceptors (Lipinski definition) is 3. The third kappa shape index (κ3) is 4.89. The van der Waals surface area contributed by atoms with Crippen LogP contribution in [0.25, 0.3) is 0 Å². The van der Waals surface area contributed by atoms with Gasteiger partial charge < -0.3 is 10.1 Å². The fourth-order valence-electron chi connectivity index (χ4n) is 1.26. The number of benzene rings is 1. The third-order valence-electron chi connectivity index (χ3n) is 1.85. The number of ether oxygens (including phenoxy) is 1. The second kappa shape index (κ2) is 6.23. The summed E-state index contributed by atoms with van der Waals surface area (Å²) in [6.45, 7) is 4.18. The van der Waals surface area contributed by atoms with Crippen LogP contribution in [0.3, 0.4) is 0 Å². The van der Waals surface area contributed by atoms with E-state index in [0.717, 1.165) is 5.56 Å². The molecule has 0 unspecified atom stereocenters. The van der Waals surface area contributed by atoms with Gasteiger partial charge in [0.25, 0.3) is 0 Å². The highest BCUT2D eigenvalue weighted by Crippen LogP contribution is 2.02. The minimum Gasteiger partial charge on any atom is -0.462 e. The highest BCUT2D eigenvalue weighted by atomic mass is 19.1. The van der Waals surface area contributed by atoms with Crippen molar-refractivity contribution in [3.05, 3.63) is 35.6 Å². The van der Waals surface area contributed by atoms with E-state index < -0.39 is 0 Å². The SMILES string of the molecule is CC(C)OC(=O)CNCc1cccc(F)c1. The van der Waals surface area contributed by atoms with Crippen molar-refractivity contribution in [3.63, 3.8) is 0 Å². The van der Waals surface area contributed by atoms with Crippen LogP contribution in [-0.4, -0.2) is 18.6 Å². The quantitative estimate of drug-likeness (QED) is 0.777. The summed E-state index contributed by atoms with van der Waals surface area (Å²) in [7, 11) is 0. The van der Waals surface area contributed by atoms with E-state index in [0.29, 0.717) is 6.54 Å². The summed E-state index contributed by atoms with van der Waals surface area (Å²) >= 11 is 0. The summed E-state index contributed by atoms with van der Waals surface area (Å²) in [6.07, 6.45) is -0.108. The molecule has 0 amide bonds. The van der Waals surface area contributed by atoms with Crippen molar-refractivity contribution in [1.29, 1.82) is 0 Å². The molecule has 0 aliphatic rings. The first-order valence-corrected chi connectivity index (χ1v) is 5.22. The summed E-state index contributed by atoms with van der Waals surface area (Å²) in [5.41, 5.74) is 0.803. The molecule has 16 heavy (non-hydrogen) atoms. The van der Waals surface area contributed by atoms with Gasteiger partial charge in [-0.3, -0.25) is 4.79 Å². The van der Waals surface area contributed by atoms with Gasteiger partial charge in [-0.15, -0.1) is 0 Å². The van der Waals surface area contributed by atoms with Crippen LogP contribution in [0, 0.1) is 5.82 Å². The van der Waals surface area contributed by atoms with Gasteiger partial charge in [0, 0.05) is 6.54 Å². The van der Waals surface area contributed by atoms with E-state index in [2.05, 4.69) is 5.32 Å². The van der Waals surface area contributed by atoms with Gasteiger partial charge in [-0.05, 0) is 31.5 Å². The Hall–Kier alpha value is -1.42. The minimum atomic E-state index is -0.300. The van der Waals surface area contributed by atoms with Crippen LogP contribution in [0.5, 0.6) is 0 Å². The van der Waals surface area contributed by atoms with Crippen LogP contribution in [0.1, 0.15) is 19.4 Å². The zero-order valence-corrected chi connectivity index (χ0v) is 9.50. The Morgan fingerprint density at radius 1 is 1.50 bits per heavy atom. The lowest BCUT2D eigenvalue weighted by molar-refractivity contribution is -0.146. The maximum Gasteiger partial charge on any atom is 0.320 e. The normalized spacial score (nSPS) is 10.5. The molecule has 0 saturated heterocycles. The molecule has 1 rings (SSSR count). The third-order valence-corrected chi connectivity index (χ3v) is 1.85. The molecule has 1 N–H and O–H groups in total. The van der Waals surface area contributed by atoms with Gasteiger partial charge in [-0.1, -0.05) is 12.1 Å². The average molecular weight is 225 g/mol. The summed E-state index contributed by atoms with van der Waals surface area (Å²) in [5.74, 6) is -0.574. The number of carbonyl (C=O) groups excluding carboxylic acids is 1. The predicted octanol–water partition coefficient (Wildman–Crippen LogP) is 1.87. The molecule has 4 heteroatoms. The summed E-state index contributed by atoms with van der Waals surface area (Å²) in [6, 6.07) is 6.25. The fraction of sp³-hybridized carbons (Fsp3) is 0.417. The number of hydrogen-bond donors (Lipinski definition) is 1. The van der Waals surface area contributed by atoms with Gasteiger partial charge in [-0.25, -0.2) is 4.39 Å². The van der Waals surface area contributed by atoms with E-state index in [1.165, 1.54) is 12.1 Å². The van der Waals surface area contributed by atoms with Gasteiger partial charge in [0.05, 0.1) is 12.6 Å².